The molecule has 0 spiro atoms. The molecule has 0 aromatic heterocycles. The number of aryl methyl sites for hydroxylation is 2. The molecule has 0 saturated heterocycles. The number of hydrogen-bond donors (Lipinski definition) is 1. The van der Waals surface area contributed by atoms with Crippen molar-refractivity contribution in [1.82, 2.24) is 0 Å². The molecule has 1 unspecified atom stereocenters. The highest BCUT2D eigenvalue weighted by Gasteiger charge is 2.13. The smallest absolute Gasteiger partial charge is 0.137 e. The summed E-state index contributed by atoms with van der Waals surface area (Å²) in [5.41, 5.74) is 5.18. The zero-order chi connectivity index (χ0) is 14.1. The van der Waals surface area contributed by atoms with Crippen LogP contribution in [-0.4, -0.2) is 0 Å². The van der Waals surface area contributed by atoms with Gasteiger partial charge in [-0.25, -0.2) is 4.39 Å². The number of anilines is 1. The second-order valence-corrected chi connectivity index (χ2v) is 6.23. The summed E-state index contributed by atoms with van der Waals surface area (Å²) in [5, 5.41) is 3.42. The first-order valence-electron chi connectivity index (χ1n) is 6.97. The molecule has 1 atom stereocenters. The number of fused-ring (bicyclic) bond motifs is 1. The van der Waals surface area contributed by atoms with Crippen LogP contribution in [0.15, 0.2) is 40.9 Å². The Morgan fingerprint density at radius 3 is 2.70 bits per heavy atom. The van der Waals surface area contributed by atoms with Crippen molar-refractivity contribution in [3.63, 3.8) is 0 Å². The van der Waals surface area contributed by atoms with Crippen LogP contribution in [0.3, 0.4) is 0 Å². The summed E-state index contributed by atoms with van der Waals surface area (Å²) in [6, 6.07) is 12.0. The first kappa shape index (κ1) is 13.6. The normalized spacial score (nSPS) is 14.9. The second-order valence-electron chi connectivity index (χ2n) is 5.38. The van der Waals surface area contributed by atoms with E-state index in [4.69, 9.17) is 0 Å². The van der Waals surface area contributed by atoms with Crippen LogP contribution in [-0.2, 0) is 12.8 Å². The van der Waals surface area contributed by atoms with Gasteiger partial charge in [0.05, 0.1) is 4.47 Å². The Hall–Kier alpha value is -1.35. The lowest BCUT2D eigenvalue weighted by Gasteiger charge is -2.17. The van der Waals surface area contributed by atoms with Crippen molar-refractivity contribution >= 4 is 21.6 Å². The molecule has 2 aromatic carbocycles. The van der Waals surface area contributed by atoms with E-state index in [1.807, 2.05) is 0 Å². The van der Waals surface area contributed by atoms with Gasteiger partial charge in [-0.2, -0.15) is 0 Å². The van der Waals surface area contributed by atoms with E-state index >= 15 is 0 Å². The van der Waals surface area contributed by atoms with Crippen LogP contribution >= 0.6 is 15.9 Å². The fourth-order valence-corrected chi connectivity index (χ4v) is 3.16. The van der Waals surface area contributed by atoms with E-state index in [1.165, 1.54) is 42.0 Å². The predicted molar refractivity (Wildman–Crippen MR) is 84.6 cm³/mol. The molecular formula is C17H17BrFN. The minimum absolute atomic E-state index is 0.207. The van der Waals surface area contributed by atoms with Crippen molar-refractivity contribution in [1.29, 1.82) is 0 Å². The first-order valence-corrected chi connectivity index (χ1v) is 7.76. The number of hydrogen-bond acceptors (Lipinski definition) is 1. The molecule has 1 aliphatic rings. The van der Waals surface area contributed by atoms with Gasteiger partial charge in [0.15, 0.2) is 0 Å². The van der Waals surface area contributed by atoms with Gasteiger partial charge in [-0.3, -0.25) is 0 Å². The topological polar surface area (TPSA) is 12.0 Å². The highest BCUT2D eigenvalue weighted by Crippen LogP contribution is 2.28. The third-order valence-corrected chi connectivity index (χ3v) is 4.53. The Bertz CT molecular complexity index is 639. The van der Waals surface area contributed by atoms with Crippen LogP contribution in [0.4, 0.5) is 10.1 Å². The Labute approximate surface area is 127 Å². The van der Waals surface area contributed by atoms with Crippen LogP contribution in [0.1, 0.15) is 36.1 Å². The minimum Gasteiger partial charge on any atom is -0.378 e. The van der Waals surface area contributed by atoms with Gasteiger partial charge in [-0.05, 0) is 77.0 Å². The highest BCUT2D eigenvalue weighted by atomic mass is 79.9. The van der Waals surface area contributed by atoms with E-state index in [1.54, 1.807) is 12.1 Å². The lowest BCUT2D eigenvalue weighted by molar-refractivity contribution is 0.621. The molecule has 1 nitrogen and oxygen atoms in total. The average Bonchev–Trinajstić information content (AvgIpc) is 2.90. The highest BCUT2D eigenvalue weighted by molar-refractivity contribution is 9.10. The van der Waals surface area contributed by atoms with Gasteiger partial charge in [0.25, 0.3) is 0 Å². The first-order chi connectivity index (χ1) is 9.63. The van der Waals surface area contributed by atoms with Gasteiger partial charge in [-0.15, -0.1) is 0 Å². The molecule has 1 N–H and O–H groups in total. The van der Waals surface area contributed by atoms with Crippen LogP contribution in [0, 0.1) is 5.82 Å². The predicted octanol–water partition coefficient (Wildman–Crippen LogP) is 5.25. The van der Waals surface area contributed by atoms with Gasteiger partial charge in [0.1, 0.15) is 5.82 Å². The van der Waals surface area contributed by atoms with Gasteiger partial charge >= 0.3 is 0 Å². The van der Waals surface area contributed by atoms with Gasteiger partial charge in [0, 0.05) is 11.7 Å². The van der Waals surface area contributed by atoms with E-state index in [9.17, 15) is 4.39 Å². The average molecular weight is 334 g/mol. The van der Waals surface area contributed by atoms with Crippen molar-refractivity contribution in [2.75, 3.05) is 5.32 Å². The molecule has 0 heterocycles. The zero-order valence-corrected chi connectivity index (χ0v) is 13.0. The Balaban J connectivity index is 1.78. The largest absolute Gasteiger partial charge is 0.378 e. The Kier molecular flexibility index (Phi) is 3.79. The van der Waals surface area contributed by atoms with E-state index < -0.39 is 0 Å². The lowest BCUT2D eigenvalue weighted by atomic mass is 10.0. The number of benzene rings is 2. The van der Waals surface area contributed by atoms with Crippen molar-refractivity contribution in [3.8, 4) is 0 Å². The summed E-state index contributed by atoms with van der Waals surface area (Å²) in [4.78, 5) is 0. The van der Waals surface area contributed by atoms with E-state index in [0.717, 1.165) is 5.69 Å². The van der Waals surface area contributed by atoms with Crippen molar-refractivity contribution in [2.24, 2.45) is 0 Å². The second kappa shape index (κ2) is 5.57. The molecule has 20 heavy (non-hydrogen) atoms. The van der Waals surface area contributed by atoms with Gasteiger partial charge < -0.3 is 5.32 Å². The molecule has 0 saturated carbocycles. The molecule has 2 aromatic rings. The molecule has 3 rings (SSSR count). The fourth-order valence-electron chi connectivity index (χ4n) is 2.78. The van der Waals surface area contributed by atoms with Crippen molar-refractivity contribution in [3.05, 3.63) is 63.4 Å². The molecule has 0 radical (unpaired) electrons. The molecule has 0 amide bonds. The summed E-state index contributed by atoms with van der Waals surface area (Å²) in [7, 11) is 0. The van der Waals surface area contributed by atoms with Gasteiger partial charge in [-0.1, -0.05) is 18.2 Å². The summed E-state index contributed by atoms with van der Waals surface area (Å²) >= 11 is 3.22. The lowest BCUT2D eigenvalue weighted by Crippen LogP contribution is -2.07. The van der Waals surface area contributed by atoms with Crippen LogP contribution in [0.2, 0.25) is 0 Å². The van der Waals surface area contributed by atoms with Crippen molar-refractivity contribution < 1.29 is 4.39 Å². The summed E-state index contributed by atoms with van der Waals surface area (Å²) < 4.78 is 13.7. The molecule has 0 aliphatic heterocycles. The van der Waals surface area contributed by atoms with Crippen LogP contribution in [0.25, 0.3) is 0 Å². The van der Waals surface area contributed by atoms with Crippen LogP contribution < -0.4 is 5.32 Å². The maximum absolute atomic E-state index is 13.2. The number of halogens is 2. The Morgan fingerprint density at radius 2 is 1.90 bits per heavy atom. The van der Waals surface area contributed by atoms with Crippen LogP contribution in [0.5, 0.6) is 0 Å². The molecule has 1 aliphatic carbocycles. The molecule has 104 valence electrons. The zero-order valence-electron chi connectivity index (χ0n) is 11.4. The standard InChI is InChI=1S/C17H17BrFN/c1-11(20-15-7-8-17(19)16(18)10-15)13-6-5-12-3-2-4-14(12)9-13/h5-11,20H,2-4H2,1H3. The van der Waals surface area contributed by atoms with Gasteiger partial charge in [0.2, 0.25) is 0 Å². The van der Waals surface area contributed by atoms with E-state index in [0.29, 0.717) is 4.47 Å². The number of rotatable bonds is 3. The third kappa shape index (κ3) is 2.73. The summed E-state index contributed by atoms with van der Waals surface area (Å²) in [6.45, 7) is 2.13. The summed E-state index contributed by atoms with van der Waals surface area (Å²) in [5.74, 6) is -0.235. The molecular weight excluding hydrogens is 317 g/mol. The summed E-state index contributed by atoms with van der Waals surface area (Å²) in [6.07, 6.45) is 3.67. The maximum atomic E-state index is 13.2. The molecule has 0 fully saturated rings. The molecule has 0 bridgehead atoms. The third-order valence-electron chi connectivity index (χ3n) is 3.93. The van der Waals surface area contributed by atoms with E-state index in [-0.39, 0.29) is 11.9 Å². The minimum atomic E-state index is -0.235. The fraction of sp³-hybridized carbons (Fsp3) is 0.294. The Morgan fingerprint density at radius 1 is 1.10 bits per heavy atom. The quantitative estimate of drug-likeness (QED) is 0.808. The van der Waals surface area contributed by atoms with E-state index in [2.05, 4.69) is 46.4 Å². The SMILES string of the molecule is CC(Nc1ccc(F)c(Br)c1)c1ccc2c(c1)CCC2. The maximum Gasteiger partial charge on any atom is 0.137 e. The molecule has 3 heteroatoms. The monoisotopic (exact) mass is 333 g/mol. The van der Waals surface area contributed by atoms with Crippen molar-refractivity contribution in [2.45, 2.75) is 32.2 Å². The number of nitrogens with one attached hydrogen (secondary N) is 1.